The smallest absolute Gasteiger partial charge is 0.426 e. The molecule has 1 rings (SSSR count). The first kappa shape index (κ1) is 9.83. The summed E-state index contributed by atoms with van der Waals surface area (Å²) in [5.41, 5.74) is 2.34. The second kappa shape index (κ2) is 4.11. The Morgan fingerprint density at radius 1 is 1.69 bits per heavy atom. The minimum atomic E-state index is -0.552. The summed E-state index contributed by atoms with van der Waals surface area (Å²) in [5.74, 6) is 0.235. The summed E-state index contributed by atoms with van der Waals surface area (Å²) in [7, 11) is 0. The minimum absolute atomic E-state index is 0.0633. The van der Waals surface area contributed by atoms with Crippen molar-refractivity contribution in [2.24, 2.45) is 5.92 Å². The van der Waals surface area contributed by atoms with Crippen LogP contribution in [0.3, 0.4) is 0 Å². The molecular weight excluding hydrogens is 172 g/mol. The number of carbonyl (C=O) groups excluding carboxylic acids is 2. The number of carbonyl (C=O) groups is 2. The average Bonchev–Trinajstić information content (AvgIpc) is 2.03. The van der Waals surface area contributed by atoms with Gasteiger partial charge in [0.1, 0.15) is 6.61 Å². The second-order valence-corrected chi connectivity index (χ2v) is 3.39. The number of hydrogen-bond acceptors (Lipinski definition) is 3. The van der Waals surface area contributed by atoms with Gasteiger partial charge in [0.25, 0.3) is 0 Å². The van der Waals surface area contributed by atoms with Crippen LogP contribution in [-0.2, 0) is 9.53 Å². The molecular formula is C8H14N2O3. The summed E-state index contributed by atoms with van der Waals surface area (Å²) in [6.45, 7) is 4.62. The predicted octanol–water partition coefficient (Wildman–Crippen LogP) is 0.516. The highest BCUT2D eigenvalue weighted by Crippen LogP contribution is 2.04. The zero-order valence-electron chi connectivity index (χ0n) is 7.87. The topological polar surface area (TPSA) is 58.6 Å². The Kier molecular flexibility index (Phi) is 3.11. The van der Waals surface area contributed by atoms with Crippen LogP contribution in [0.1, 0.15) is 20.3 Å². The molecule has 0 aromatic heterocycles. The highest BCUT2D eigenvalue weighted by molar-refractivity contribution is 5.80. The lowest BCUT2D eigenvalue weighted by Gasteiger charge is -2.27. The first-order valence-electron chi connectivity index (χ1n) is 4.33. The standard InChI is InChI=1S/C8H14N2O3/c1-6(2)5-7(11)10-3-4-13-8(12)9-10/h6H,3-5H2,1-2H3,(H,9,12). The Bertz CT molecular complexity index is 215. The van der Waals surface area contributed by atoms with Crippen LogP contribution < -0.4 is 5.43 Å². The van der Waals surface area contributed by atoms with E-state index in [1.54, 1.807) is 0 Å². The Labute approximate surface area is 77.0 Å². The van der Waals surface area contributed by atoms with E-state index in [1.165, 1.54) is 5.01 Å². The molecule has 1 fully saturated rings. The van der Waals surface area contributed by atoms with E-state index in [0.717, 1.165) is 0 Å². The number of amides is 2. The van der Waals surface area contributed by atoms with Gasteiger partial charge in [0.15, 0.2) is 0 Å². The molecule has 0 aromatic carbocycles. The molecule has 13 heavy (non-hydrogen) atoms. The SMILES string of the molecule is CC(C)CC(=O)N1CCOC(=O)N1. The third-order valence-electron chi connectivity index (χ3n) is 1.66. The van der Waals surface area contributed by atoms with Crippen molar-refractivity contribution in [1.29, 1.82) is 0 Å². The maximum atomic E-state index is 11.4. The minimum Gasteiger partial charge on any atom is -0.446 e. The van der Waals surface area contributed by atoms with Gasteiger partial charge in [-0.2, -0.15) is 0 Å². The van der Waals surface area contributed by atoms with Gasteiger partial charge in [0.2, 0.25) is 5.91 Å². The molecule has 1 heterocycles. The first-order valence-corrected chi connectivity index (χ1v) is 4.33. The number of nitrogens with one attached hydrogen (secondary N) is 1. The Morgan fingerprint density at radius 3 is 2.92 bits per heavy atom. The molecule has 0 aromatic rings. The van der Waals surface area contributed by atoms with E-state index in [-0.39, 0.29) is 12.5 Å². The molecule has 1 saturated heterocycles. The van der Waals surface area contributed by atoms with Crippen molar-refractivity contribution in [3.63, 3.8) is 0 Å². The predicted molar refractivity (Wildman–Crippen MR) is 45.7 cm³/mol. The molecule has 0 unspecified atom stereocenters. The van der Waals surface area contributed by atoms with Crippen molar-refractivity contribution in [2.75, 3.05) is 13.2 Å². The fourth-order valence-electron chi connectivity index (χ4n) is 1.07. The van der Waals surface area contributed by atoms with E-state index in [4.69, 9.17) is 0 Å². The summed E-state index contributed by atoms with van der Waals surface area (Å²) >= 11 is 0. The fourth-order valence-corrected chi connectivity index (χ4v) is 1.07. The Hall–Kier alpha value is -1.26. The molecule has 0 bridgehead atoms. The summed E-state index contributed by atoms with van der Waals surface area (Å²) in [5, 5.41) is 1.31. The van der Waals surface area contributed by atoms with Gasteiger partial charge in [0, 0.05) is 6.42 Å². The molecule has 1 aliphatic heterocycles. The van der Waals surface area contributed by atoms with Crippen LogP contribution in [-0.4, -0.2) is 30.2 Å². The summed E-state index contributed by atoms with van der Waals surface area (Å²) in [4.78, 5) is 22.1. The quantitative estimate of drug-likeness (QED) is 0.683. The van der Waals surface area contributed by atoms with Crippen LogP contribution in [0.25, 0.3) is 0 Å². The first-order chi connectivity index (χ1) is 6.09. The van der Waals surface area contributed by atoms with Crippen molar-refractivity contribution in [3.05, 3.63) is 0 Å². The number of cyclic esters (lactones) is 1. The molecule has 1 N–H and O–H groups in total. The van der Waals surface area contributed by atoms with Crippen LogP contribution in [0.2, 0.25) is 0 Å². The van der Waals surface area contributed by atoms with E-state index in [2.05, 4.69) is 10.2 Å². The number of nitrogens with zero attached hydrogens (tertiary/aromatic N) is 1. The molecule has 5 nitrogen and oxygen atoms in total. The van der Waals surface area contributed by atoms with Gasteiger partial charge in [-0.1, -0.05) is 13.8 Å². The molecule has 0 radical (unpaired) electrons. The third-order valence-corrected chi connectivity index (χ3v) is 1.66. The van der Waals surface area contributed by atoms with E-state index in [0.29, 0.717) is 18.9 Å². The van der Waals surface area contributed by atoms with Crippen LogP contribution in [0, 0.1) is 5.92 Å². The molecule has 0 saturated carbocycles. The molecule has 0 aliphatic carbocycles. The summed E-state index contributed by atoms with van der Waals surface area (Å²) in [6.07, 6.45) is -0.108. The number of hydrazine groups is 1. The van der Waals surface area contributed by atoms with Crippen LogP contribution in [0.5, 0.6) is 0 Å². The highest BCUT2D eigenvalue weighted by atomic mass is 16.6. The zero-order chi connectivity index (χ0) is 9.84. The molecule has 74 valence electrons. The Morgan fingerprint density at radius 2 is 2.38 bits per heavy atom. The lowest BCUT2D eigenvalue weighted by atomic mass is 10.1. The van der Waals surface area contributed by atoms with Gasteiger partial charge in [-0.3, -0.25) is 4.79 Å². The van der Waals surface area contributed by atoms with Gasteiger partial charge in [-0.15, -0.1) is 0 Å². The van der Waals surface area contributed by atoms with Gasteiger partial charge >= 0.3 is 6.09 Å². The van der Waals surface area contributed by atoms with E-state index in [1.807, 2.05) is 13.8 Å². The van der Waals surface area contributed by atoms with Crippen molar-refractivity contribution >= 4 is 12.0 Å². The van der Waals surface area contributed by atoms with Gasteiger partial charge in [-0.05, 0) is 5.92 Å². The maximum absolute atomic E-state index is 11.4. The average molecular weight is 186 g/mol. The van der Waals surface area contributed by atoms with Crippen molar-refractivity contribution in [2.45, 2.75) is 20.3 Å². The van der Waals surface area contributed by atoms with Gasteiger partial charge in [-0.25, -0.2) is 15.2 Å². The van der Waals surface area contributed by atoms with Crippen LogP contribution in [0.4, 0.5) is 4.79 Å². The zero-order valence-corrected chi connectivity index (χ0v) is 7.87. The van der Waals surface area contributed by atoms with Gasteiger partial charge in [0.05, 0.1) is 6.54 Å². The number of rotatable bonds is 2. The lowest BCUT2D eigenvalue weighted by molar-refractivity contribution is -0.137. The van der Waals surface area contributed by atoms with E-state index in [9.17, 15) is 9.59 Å². The monoisotopic (exact) mass is 186 g/mol. The molecule has 0 atom stereocenters. The van der Waals surface area contributed by atoms with Crippen LogP contribution in [0.15, 0.2) is 0 Å². The molecule has 1 aliphatic rings. The normalized spacial score (nSPS) is 16.8. The van der Waals surface area contributed by atoms with Crippen molar-refractivity contribution in [3.8, 4) is 0 Å². The fraction of sp³-hybridized carbons (Fsp3) is 0.750. The molecule has 2 amide bonds. The van der Waals surface area contributed by atoms with Crippen LogP contribution >= 0.6 is 0 Å². The largest absolute Gasteiger partial charge is 0.446 e. The second-order valence-electron chi connectivity index (χ2n) is 3.39. The molecule has 0 spiro atoms. The summed E-state index contributed by atoms with van der Waals surface area (Å²) in [6, 6.07) is 0. The van der Waals surface area contributed by atoms with E-state index >= 15 is 0 Å². The van der Waals surface area contributed by atoms with E-state index < -0.39 is 6.09 Å². The maximum Gasteiger partial charge on any atom is 0.426 e. The molecule has 5 heteroatoms. The summed E-state index contributed by atoms with van der Waals surface area (Å²) < 4.78 is 4.62. The lowest BCUT2D eigenvalue weighted by Crippen LogP contribution is -2.52. The van der Waals surface area contributed by atoms with Gasteiger partial charge < -0.3 is 4.74 Å². The third kappa shape index (κ3) is 2.93. The number of hydrogen-bond donors (Lipinski definition) is 1. The van der Waals surface area contributed by atoms with Crippen molar-refractivity contribution < 1.29 is 14.3 Å². The Balaban J connectivity index is 2.41. The van der Waals surface area contributed by atoms with Crippen molar-refractivity contribution in [1.82, 2.24) is 10.4 Å². The number of ether oxygens (including phenoxy) is 1. The highest BCUT2D eigenvalue weighted by Gasteiger charge is 2.21.